The molecule has 0 aliphatic heterocycles. The number of carbonyl (C=O) groups excluding carboxylic acids is 2. The molecule has 1 aromatic heterocycles. The Morgan fingerprint density at radius 3 is 2.73 bits per heavy atom. The van der Waals surface area contributed by atoms with Gasteiger partial charge in [0.1, 0.15) is 0 Å². The van der Waals surface area contributed by atoms with Crippen LogP contribution in [0.15, 0.2) is 35.7 Å². The second-order valence-electron chi connectivity index (χ2n) is 4.82. The molecular formula is C16H17ClN2O2S. The van der Waals surface area contributed by atoms with Crippen molar-refractivity contribution in [2.75, 3.05) is 11.9 Å². The summed E-state index contributed by atoms with van der Waals surface area (Å²) in [6.45, 7) is 1.78. The van der Waals surface area contributed by atoms with Gasteiger partial charge >= 0.3 is 0 Å². The fourth-order valence-electron chi connectivity index (χ4n) is 1.90. The molecule has 2 aromatic rings. The summed E-state index contributed by atoms with van der Waals surface area (Å²) in [5, 5.41) is 7.94. The summed E-state index contributed by atoms with van der Waals surface area (Å²) in [5.41, 5.74) is 1.46. The van der Waals surface area contributed by atoms with Crippen molar-refractivity contribution in [3.8, 4) is 0 Å². The van der Waals surface area contributed by atoms with Crippen LogP contribution in [0.2, 0.25) is 5.02 Å². The predicted molar refractivity (Wildman–Crippen MR) is 90.5 cm³/mol. The highest BCUT2D eigenvalue weighted by atomic mass is 35.5. The lowest BCUT2D eigenvalue weighted by Crippen LogP contribution is -2.33. The minimum Gasteiger partial charge on any atom is -0.347 e. The number of benzene rings is 1. The first-order chi connectivity index (χ1) is 10.6. The number of thiophene rings is 1. The standard InChI is InChI=1S/C16H17ClN2O2S/c1-11-13(17)5-2-6-14(11)19-16(21)10-18-15(20)8-7-12-4-3-9-22-12/h2-6,9H,7-8,10H2,1H3,(H,18,20)(H,19,21). The smallest absolute Gasteiger partial charge is 0.243 e. The van der Waals surface area contributed by atoms with Crippen LogP contribution in [-0.2, 0) is 16.0 Å². The van der Waals surface area contributed by atoms with Gasteiger partial charge in [-0.3, -0.25) is 9.59 Å². The van der Waals surface area contributed by atoms with Crippen LogP contribution in [0, 0.1) is 6.92 Å². The van der Waals surface area contributed by atoms with E-state index in [2.05, 4.69) is 10.6 Å². The third kappa shape index (κ3) is 4.86. The van der Waals surface area contributed by atoms with Gasteiger partial charge < -0.3 is 10.6 Å². The van der Waals surface area contributed by atoms with Gasteiger partial charge in [0.05, 0.1) is 6.54 Å². The van der Waals surface area contributed by atoms with E-state index in [4.69, 9.17) is 11.6 Å². The summed E-state index contributed by atoms with van der Waals surface area (Å²) >= 11 is 7.62. The second kappa shape index (κ2) is 7.96. The molecule has 22 heavy (non-hydrogen) atoms. The van der Waals surface area contributed by atoms with Crippen molar-refractivity contribution in [3.05, 3.63) is 51.2 Å². The molecule has 1 heterocycles. The number of rotatable bonds is 6. The molecule has 116 valence electrons. The van der Waals surface area contributed by atoms with Crippen molar-refractivity contribution >= 4 is 40.4 Å². The Morgan fingerprint density at radius 2 is 2.00 bits per heavy atom. The number of halogens is 1. The summed E-state index contributed by atoms with van der Waals surface area (Å²) in [4.78, 5) is 24.7. The molecule has 6 heteroatoms. The maximum absolute atomic E-state index is 11.8. The van der Waals surface area contributed by atoms with Gasteiger partial charge in [0.2, 0.25) is 11.8 Å². The Hall–Kier alpha value is -1.85. The fourth-order valence-corrected chi connectivity index (χ4v) is 2.78. The van der Waals surface area contributed by atoms with Gasteiger partial charge in [-0.15, -0.1) is 11.3 Å². The zero-order valence-electron chi connectivity index (χ0n) is 12.2. The number of nitrogens with one attached hydrogen (secondary N) is 2. The molecule has 0 spiro atoms. The lowest BCUT2D eigenvalue weighted by molar-refractivity contribution is -0.124. The van der Waals surface area contributed by atoms with Gasteiger partial charge in [-0.2, -0.15) is 0 Å². The molecular weight excluding hydrogens is 320 g/mol. The van der Waals surface area contributed by atoms with Crippen LogP contribution in [0.5, 0.6) is 0 Å². The molecule has 1 aromatic carbocycles. The monoisotopic (exact) mass is 336 g/mol. The van der Waals surface area contributed by atoms with Gasteiger partial charge in [-0.1, -0.05) is 23.7 Å². The van der Waals surface area contributed by atoms with E-state index in [9.17, 15) is 9.59 Å². The average molecular weight is 337 g/mol. The lowest BCUT2D eigenvalue weighted by atomic mass is 10.2. The summed E-state index contributed by atoms with van der Waals surface area (Å²) in [5.74, 6) is -0.402. The van der Waals surface area contributed by atoms with E-state index in [1.54, 1.807) is 29.5 Å². The van der Waals surface area contributed by atoms with Crippen LogP contribution in [0.3, 0.4) is 0 Å². The predicted octanol–water partition coefficient (Wildman–Crippen LogP) is 3.40. The molecule has 0 aliphatic carbocycles. The summed E-state index contributed by atoms with van der Waals surface area (Å²) < 4.78 is 0. The SMILES string of the molecule is Cc1c(Cl)cccc1NC(=O)CNC(=O)CCc1cccs1. The molecule has 0 aliphatic rings. The number of hydrogen-bond donors (Lipinski definition) is 2. The quantitative estimate of drug-likeness (QED) is 0.849. The molecule has 4 nitrogen and oxygen atoms in total. The lowest BCUT2D eigenvalue weighted by Gasteiger charge is -2.10. The third-order valence-corrected chi connectivity index (χ3v) is 4.51. The van der Waals surface area contributed by atoms with Gasteiger partial charge in [-0.05, 0) is 42.5 Å². The Balaban J connectivity index is 1.75. The van der Waals surface area contributed by atoms with Crippen LogP contribution in [-0.4, -0.2) is 18.4 Å². The molecule has 2 rings (SSSR count). The molecule has 0 radical (unpaired) electrons. The maximum atomic E-state index is 11.8. The van der Waals surface area contributed by atoms with E-state index in [0.717, 1.165) is 10.4 Å². The van der Waals surface area contributed by atoms with Crippen molar-refractivity contribution in [1.82, 2.24) is 5.32 Å². The first kappa shape index (κ1) is 16.5. The van der Waals surface area contributed by atoms with E-state index < -0.39 is 0 Å². The summed E-state index contributed by atoms with van der Waals surface area (Å²) in [7, 11) is 0. The van der Waals surface area contributed by atoms with E-state index in [0.29, 0.717) is 23.6 Å². The largest absolute Gasteiger partial charge is 0.347 e. The van der Waals surface area contributed by atoms with Crippen molar-refractivity contribution in [1.29, 1.82) is 0 Å². The molecule has 0 saturated heterocycles. The number of hydrogen-bond acceptors (Lipinski definition) is 3. The third-order valence-electron chi connectivity index (χ3n) is 3.17. The van der Waals surface area contributed by atoms with Gasteiger partial charge in [0.15, 0.2) is 0 Å². The Bertz CT molecular complexity index is 656. The van der Waals surface area contributed by atoms with Crippen molar-refractivity contribution in [3.63, 3.8) is 0 Å². The highest BCUT2D eigenvalue weighted by molar-refractivity contribution is 7.09. The summed E-state index contributed by atoms with van der Waals surface area (Å²) in [6.07, 6.45) is 1.07. The highest BCUT2D eigenvalue weighted by Crippen LogP contribution is 2.22. The van der Waals surface area contributed by atoms with Crippen LogP contribution >= 0.6 is 22.9 Å². The Kier molecular flexibility index (Phi) is 5.98. The van der Waals surface area contributed by atoms with Gasteiger partial charge in [0.25, 0.3) is 0 Å². The van der Waals surface area contributed by atoms with E-state index in [1.165, 1.54) is 0 Å². The number of carbonyl (C=O) groups is 2. The fraction of sp³-hybridized carbons (Fsp3) is 0.250. The molecule has 0 unspecified atom stereocenters. The Labute approximate surface area is 138 Å². The molecule has 2 N–H and O–H groups in total. The number of anilines is 1. The number of aryl methyl sites for hydroxylation is 1. The topological polar surface area (TPSA) is 58.2 Å². The van der Waals surface area contributed by atoms with Crippen LogP contribution < -0.4 is 10.6 Å². The maximum Gasteiger partial charge on any atom is 0.243 e. The van der Waals surface area contributed by atoms with Crippen molar-refractivity contribution in [2.24, 2.45) is 0 Å². The zero-order chi connectivity index (χ0) is 15.9. The minimum atomic E-state index is -0.269. The summed E-state index contributed by atoms with van der Waals surface area (Å²) in [6, 6.07) is 9.26. The van der Waals surface area contributed by atoms with E-state index >= 15 is 0 Å². The zero-order valence-corrected chi connectivity index (χ0v) is 13.8. The molecule has 0 fully saturated rings. The second-order valence-corrected chi connectivity index (χ2v) is 6.26. The Morgan fingerprint density at radius 1 is 1.18 bits per heavy atom. The first-order valence-electron chi connectivity index (χ1n) is 6.90. The molecule has 0 bridgehead atoms. The number of amides is 2. The minimum absolute atomic E-state index is 0.0464. The molecule has 2 amide bonds. The highest BCUT2D eigenvalue weighted by Gasteiger charge is 2.09. The first-order valence-corrected chi connectivity index (χ1v) is 8.16. The normalized spacial score (nSPS) is 10.3. The average Bonchev–Trinajstić information content (AvgIpc) is 3.01. The van der Waals surface area contributed by atoms with Crippen LogP contribution in [0.25, 0.3) is 0 Å². The van der Waals surface area contributed by atoms with Crippen molar-refractivity contribution in [2.45, 2.75) is 19.8 Å². The van der Waals surface area contributed by atoms with Gasteiger partial charge in [-0.25, -0.2) is 0 Å². The van der Waals surface area contributed by atoms with E-state index in [-0.39, 0.29) is 18.4 Å². The van der Waals surface area contributed by atoms with Crippen molar-refractivity contribution < 1.29 is 9.59 Å². The molecule has 0 atom stereocenters. The molecule has 0 saturated carbocycles. The van der Waals surface area contributed by atoms with Crippen LogP contribution in [0.4, 0.5) is 5.69 Å². The van der Waals surface area contributed by atoms with Crippen LogP contribution in [0.1, 0.15) is 16.9 Å². The van der Waals surface area contributed by atoms with Gasteiger partial charge in [0, 0.05) is 22.0 Å². The van der Waals surface area contributed by atoms with E-state index in [1.807, 2.05) is 24.4 Å².